The number of carbonyl (C=O) groups excluding carboxylic acids is 1. The van der Waals surface area contributed by atoms with Crippen LogP contribution in [-0.4, -0.2) is 35.5 Å². The highest BCUT2D eigenvalue weighted by Crippen LogP contribution is 2.22. The number of amides is 1. The lowest BCUT2D eigenvalue weighted by Gasteiger charge is -2.18. The number of aliphatic carboxylic acids is 1. The van der Waals surface area contributed by atoms with Crippen LogP contribution in [0.3, 0.4) is 0 Å². The Bertz CT molecular complexity index is 702. The molecule has 24 heavy (non-hydrogen) atoms. The molecule has 0 atom stereocenters. The number of ether oxygens (including phenoxy) is 1. The third kappa shape index (κ3) is 4.38. The van der Waals surface area contributed by atoms with Crippen molar-refractivity contribution in [3.8, 4) is 5.75 Å². The molecule has 1 amide bonds. The second-order valence-corrected chi connectivity index (χ2v) is 5.84. The molecule has 6 heteroatoms. The van der Waals surface area contributed by atoms with E-state index in [0.29, 0.717) is 23.6 Å². The zero-order valence-corrected chi connectivity index (χ0v) is 14.0. The third-order valence-corrected chi connectivity index (χ3v) is 3.50. The van der Waals surface area contributed by atoms with E-state index in [9.17, 15) is 9.59 Å². The summed E-state index contributed by atoms with van der Waals surface area (Å²) in [6.45, 7) is 4.01. The SMILES string of the molecule is CC(C)c1occc1C(=O)N(C)Cc1ccc(OCC(=O)O)cc1. The van der Waals surface area contributed by atoms with Crippen molar-refractivity contribution >= 4 is 11.9 Å². The van der Waals surface area contributed by atoms with Gasteiger partial charge < -0.3 is 19.2 Å². The molecule has 0 aliphatic carbocycles. The van der Waals surface area contributed by atoms with Crippen molar-refractivity contribution in [1.82, 2.24) is 4.90 Å². The molecule has 1 heterocycles. The lowest BCUT2D eigenvalue weighted by Crippen LogP contribution is -2.26. The number of furan rings is 1. The van der Waals surface area contributed by atoms with Crippen molar-refractivity contribution in [2.45, 2.75) is 26.3 Å². The summed E-state index contributed by atoms with van der Waals surface area (Å²) >= 11 is 0. The van der Waals surface area contributed by atoms with Gasteiger partial charge >= 0.3 is 5.97 Å². The molecule has 0 fully saturated rings. The number of benzene rings is 1. The Labute approximate surface area is 140 Å². The molecule has 1 aromatic carbocycles. The fourth-order valence-electron chi connectivity index (χ4n) is 2.33. The Morgan fingerprint density at radius 2 is 1.88 bits per heavy atom. The van der Waals surface area contributed by atoms with Gasteiger partial charge in [0.05, 0.1) is 11.8 Å². The van der Waals surface area contributed by atoms with Crippen LogP contribution in [0, 0.1) is 0 Å². The third-order valence-electron chi connectivity index (χ3n) is 3.50. The van der Waals surface area contributed by atoms with Crippen LogP contribution in [0.5, 0.6) is 5.75 Å². The fourth-order valence-corrected chi connectivity index (χ4v) is 2.33. The van der Waals surface area contributed by atoms with Crippen molar-refractivity contribution in [3.05, 3.63) is 53.5 Å². The van der Waals surface area contributed by atoms with E-state index in [1.54, 1.807) is 42.3 Å². The Morgan fingerprint density at radius 3 is 2.46 bits per heavy atom. The molecule has 2 aromatic rings. The second-order valence-electron chi connectivity index (χ2n) is 5.84. The predicted octanol–water partition coefficient (Wildman–Crippen LogP) is 3.14. The van der Waals surface area contributed by atoms with Crippen molar-refractivity contribution in [2.75, 3.05) is 13.7 Å². The average Bonchev–Trinajstić information content (AvgIpc) is 3.03. The first-order chi connectivity index (χ1) is 11.4. The smallest absolute Gasteiger partial charge is 0.341 e. The summed E-state index contributed by atoms with van der Waals surface area (Å²) in [6.07, 6.45) is 1.53. The van der Waals surface area contributed by atoms with E-state index in [1.165, 1.54) is 6.26 Å². The molecule has 128 valence electrons. The minimum absolute atomic E-state index is 0.0985. The lowest BCUT2D eigenvalue weighted by atomic mass is 10.1. The Balaban J connectivity index is 2.01. The summed E-state index contributed by atoms with van der Waals surface area (Å²) in [5, 5.41) is 8.58. The van der Waals surface area contributed by atoms with Crippen LogP contribution in [0.25, 0.3) is 0 Å². The highest BCUT2D eigenvalue weighted by atomic mass is 16.5. The number of nitrogens with zero attached hydrogens (tertiary/aromatic N) is 1. The molecule has 2 rings (SSSR count). The molecule has 0 aliphatic rings. The monoisotopic (exact) mass is 331 g/mol. The van der Waals surface area contributed by atoms with E-state index in [1.807, 2.05) is 13.8 Å². The largest absolute Gasteiger partial charge is 0.482 e. The van der Waals surface area contributed by atoms with Crippen molar-refractivity contribution in [1.29, 1.82) is 0 Å². The quantitative estimate of drug-likeness (QED) is 0.843. The minimum atomic E-state index is -1.02. The summed E-state index contributed by atoms with van der Waals surface area (Å²) < 4.78 is 10.5. The van der Waals surface area contributed by atoms with Gasteiger partial charge in [0.1, 0.15) is 11.5 Å². The number of hydrogen-bond acceptors (Lipinski definition) is 4. The minimum Gasteiger partial charge on any atom is -0.482 e. The van der Waals surface area contributed by atoms with Crippen molar-refractivity contribution in [2.24, 2.45) is 0 Å². The molecule has 0 saturated carbocycles. The number of hydrogen-bond donors (Lipinski definition) is 1. The maximum absolute atomic E-state index is 12.6. The van der Waals surface area contributed by atoms with Crippen LogP contribution >= 0.6 is 0 Å². The number of carboxylic acid groups (broad SMARTS) is 1. The first-order valence-corrected chi connectivity index (χ1v) is 7.65. The molecule has 6 nitrogen and oxygen atoms in total. The lowest BCUT2D eigenvalue weighted by molar-refractivity contribution is -0.139. The molecule has 1 aromatic heterocycles. The van der Waals surface area contributed by atoms with Gasteiger partial charge in [0.15, 0.2) is 6.61 Å². The molecule has 0 unspecified atom stereocenters. The summed E-state index contributed by atoms with van der Waals surface area (Å²) in [4.78, 5) is 24.6. The maximum atomic E-state index is 12.6. The summed E-state index contributed by atoms with van der Waals surface area (Å²) in [6, 6.07) is 8.68. The average molecular weight is 331 g/mol. The van der Waals surface area contributed by atoms with Crippen LogP contribution in [0.1, 0.15) is 41.4 Å². The molecule has 0 radical (unpaired) electrons. The molecule has 0 saturated heterocycles. The van der Waals surface area contributed by atoms with Gasteiger partial charge in [-0.3, -0.25) is 4.79 Å². The zero-order valence-electron chi connectivity index (χ0n) is 14.0. The van der Waals surface area contributed by atoms with Gasteiger partial charge in [-0.1, -0.05) is 26.0 Å². The van der Waals surface area contributed by atoms with Crippen LogP contribution in [0.15, 0.2) is 41.0 Å². The molecule has 0 aliphatic heterocycles. The van der Waals surface area contributed by atoms with Gasteiger partial charge in [0.2, 0.25) is 0 Å². The number of carboxylic acids is 1. The summed E-state index contributed by atoms with van der Waals surface area (Å²) in [5.74, 6) is 0.179. The predicted molar refractivity (Wildman–Crippen MR) is 88.2 cm³/mol. The van der Waals surface area contributed by atoms with E-state index in [0.717, 1.165) is 5.56 Å². The van der Waals surface area contributed by atoms with E-state index in [2.05, 4.69) is 0 Å². The maximum Gasteiger partial charge on any atom is 0.341 e. The van der Waals surface area contributed by atoms with Crippen molar-refractivity contribution < 1.29 is 23.8 Å². The standard InChI is InChI=1S/C18H21NO5/c1-12(2)17-15(8-9-23-17)18(22)19(3)10-13-4-6-14(7-5-13)24-11-16(20)21/h4-9,12H,10-11H2,1-3H3,(H,20,21). The number of carbonyl (C=O) groups is 2. The first-order valence-electron chi connectivity index (χ1n) is 7.65. The highest BCUT2D eigenvalue weighted by Gasteiger charge is 2.20. The Morgan fingerprint density at radius 1 is 1.21 bits per heavy atom. The second kappa shape index (κ2) is 7.68. The topological polar surface area (TPSA) is 80.0 Å². The van der Waals surface area contributed by atoms with Gasteiger partial charge in [0.25, 0.3) is 5.91 Å². The van der Waals surface area contributed by atoms with Gasteiger partial charge in [-0.25, -0.2) is 4.79 Å². The Hall–Kier alpha value is -2.76. The Kier molecular flexibility index (Phi) is 5.63. The zero-order chi connectivity index (χ0) is 17.7. The summed E-state index contributed by atoms with van der Waals surface area (Å²) in [5.41, 5.74) is 1.50. The van der Waals surface area contributed by atoms with E-state index in [4.69, 9.17) is 14.3 Å². The van der Waals surface area contributed by atoms with Crippen LogP contribution < -0.4 is 4.74 Å². The molecular weight excluding hydrogens is 310 g/mol. The molecule has 0 bridgehead atoms. The molecule has 0 spiro atoms. The van der Waals surface area contributed by atoms with Gasteiger partial charge in [0, 0.05) is 19.5 Å². The number of rotatable bonds is 7. The highest BCUT2D eigenvalue weighted by molar-refractivity contribution is 5.95. The van der Waals surface area contributed by atoms with Gasteiger partial charge in [-0.2, -0.15) is 0 Å². The first kappa shape index (κ1) is 17.6. The molecular formula is C18H21NO5. The fraction of sp³-hybridized carbons (Fsp3) is 0.333. The van der Waals surface area contributed by atoms with Crippen molar-refractivity contribution in [3.63, 3.8) is 0 Å². The van der Waals surface area contributed by atoms with Gasteiger partial charge in [-0.15, -0.1) is 0 Å². The van der Waals surface area contributed by atoms with Crippen LogP contribution in [-0.2, 0) is 11.3 Å². The van der Waals surface area contributed by atoms with E-state index in [-0.39, 0.29) is 18.4 Å². The molecule has 1 N–H and O–H groups in total. The van der Waals surface area contributed by atoms with Gasteiger partial charge in [-0.05, 0) is 23.8 Å². The van der Waals surface area contributed by atoms with Crippen LogP contribution in [0.2, 0.25) is 0 Å². The van der Waals surface area contributed by atoms with Crippen LogP contribution in [0.4, 0.5) is 0 Å². The summed E-state index contributed by atoms with van der Waals surface area (Å²) in [7, 11) is 1.73. The van der Waals surface area contributed by atoms with E-state index < -0.39 is 5.97 Å². The van der Waals surface area contributed by atoms with E-state index >= 15 is 0 Å². The normalized spacial score (nSPS) is 10.7.